The van der Waals surface area contributed by atoms with E-state index in [1.165, 1.54) is 0 Å². The van der Waals surface area contributed by atoms with Crippen LogP contribution in [0.3, 0.4) is 0 Å². The molecule has 15 heavy (non-hydrogen) atoms. The first-order valence-electron chi connectivity index (χ1n) is 4.59. The second-order valence-electron chi connectivity index (χ2n) is 3.48. The smallest absolute Gasteiger partial charge is 0.309 e. The quantitative estimate of drug-likeness (QED) is 0.793. The maximum atomic E-state index is 10.7. The first-order valence-corrected chi connectivity index (χ1v) is 4.59. The molecule has 0 aliphatic carbocycles. The summed E-state index contributed by atoms with van der Waals surface area (Å²) >= 11 is 0. The number of carboxylic acids is 1. The minimum atomic E-state index is -0.860. The fourth-order valence-electron chi connectivity index (χ4n) is 1.61. The number of aliphatic carboxylic acids is 1. The largest absolute Gasteiger partial charge is 0.481 e. The van der Waals surface area contributed by atoms with E-state index in [0.717, 1.165) is 16.9 Å². The van der Waals surface area contributed by atoms with Crippen LogP contribution in [0.15, 0.2) is 12.5 Å². The monoisotopic (exact) mass is 205 g/mol. The number of hydrogen-bond acceptors (Lipinski definition) is 3. The second-order valence-corrected chi connectivity index (χ2v) is 3.48. The van der Waals surface area contributed by atoms with Crippen LogP contribution in [0.1, 0.15) is 17.0 Å². The molecule has 2 aromatic rings. The number of hydrogen-bond donors (Lipinski definition) is 1. The number of nitrogens with zero attached hydrogens (tertiary/aromatic N) is 3. The van der Waals surface area contributed by atoms with Crippen molar-refractivity contribution in [3.63, 3.8) is 0 Å². The Morgan fingerprint density at radius 3 is 2.93 bits per heavy atom. The number of rotatable bonds is 2. The third-order valence-corrected chi connectivity index (χ3v) is 2.33. The topological polar surface area (TPSA) is 67.5 Å². The minimum Gasteiger partial charge on any atom is -0.481 e. The molecule has 5 nitrogen and oxygen atoms in total. The summed E-state index contributed by atoms with van der Waals surface area (Å²) in [6.45, 7) is 3.71. The molecule has 78 valence electrons. The van der Waals surface area contributed by atoms with Crippen LogP contribution in [0.2, 0.25) is 0 Å². The molecule has 0 unspecified atom stereocenters. The van der Waals surface area contributed by atoms with Gasteiger partial charge in [0.15, 0.2) is 0 Å². The van der Waals surface area contributed by atoms with Gasteiger partial charge in [0.05, 0.1) is 17.8 Å². The zero-order valence-electron chi connectivity index (χ0n) is 8.56. The third kappa shape index (κ3) is 1.56. The highest BCUT2D eigenvalue weighted by Gasteiger charge is 2.12. The minimum absolute atomic E-state index is 0.0296. The summed E-state index contributed by atoms with van der Waals surface area (Å²) in [6, 6.07) is 0. The molecule has 0 aliphatic rings. The maximum Gasteiger partial charge on any atom is 0.309 e. The van der Waals surface area contributed by atoms with Crippen molar-refractivity contribution < 1.29 is 9.90 Å². The third-order valence-electron chi connectivity index (χ3n) is 2.33. The van der Waals surface area contributed by atoms with Crippen molar-refractivity contribution in [3.05, 3.63) is 29.5 Å². The summed E-state index contributed by atoms with van der Waals surface area (Å²) < 4.78 is 1.73. The van der Waals surface area contributed by atoms with E-state index in [9.17, 15) is 4.79 Å². The van der Waals surface area contributed by atoms with Gasteiger partial charge in [-0.05, 0) is 13.8 Å². The highest BCUT2D eigenvalue weighted by Crippen LogP contribution is 2.14. The highest BCUT2D eigenvalue weighted by molar-refractivity contribution is 5.70. The summed E-state index contributed by atoms with van der Waals surface area (Å²) in [5, 5.41) is 8.78. The van der Waals surface area contributed by atoms with Crippen molar-refractivity contribution in [2.45, 2.75) is 20.3 Å². The molecule has 2 aromatic heterocycles. The van der Waals surface area contributed by atoms with Gasteiger partial charge in [-0.15, -0.1) is 0 Å². The van der Waals surface area contributed by atoms with Crippen LogP contribution in [0.5, 0.6) is 0 Å². The first kappa shape index (κ1) is 9.64. The Hall–Kier alpha value is -1.91. The van der Waals surface area contributed by atoms with Crippen LogP contribution >= 0.6 is 0 Å². The number of aryl methyl sites for hydroxylation is 2. The maximum absolute atomic E-state index is 10.7. The Morgan fingerprint density at radius 1 is 1.53 bits per heavy atom. The number of imidazole rings is 1. The summed E-state index contributed by atoms with van der Waals surface area (Å²) in [7, 11) is 0. The van der Waals surface area contributed by atoms with Crippen LogP contribution in [0.25, 0.3) is 5.65 Å². The van der Waals surface area contributed by atoms with Gasteiger partial charge in [0.25, 0.3) is 0 Å². The fourth-order valence-corrected chi connectivity index (χ4v) is 1.61. The van der Waals surface area contributed by atoms with Crippen molar-refractivity contribution in [2.75, 3.05) is 0 Å². The van der Waals surface area contributed by atoms with Crippen LogP contribution in [0.4, 0.5) is 0 Å². The molecule has 5 heteroatoms. The predicted octanol–water partition coefficient (Wildman–Crippen LogP) is 0.973. The van der Waals surface area contributed by atoms with E-state index < -0.39 is 5.97 Å². The lowest BCUT2D eigenvalue weighted by Crippen LogP contribution is -2.05. The van der Waals surface area contributed by atoms with E-state index in [4.69, 9.17) is 5.11 Å². The first-order chi connectivity index (χ1) is 7.09. The number of fused-ring (bicyclic) bond motifs is 1. The molecule has 0 radical (unpaired) electrons. The van der Waals surface area contributed by atoms with Gasteiger partial charge in [-0.3, -0.25) is 9.20 Å². The Morgan fingerprint density at radius 2 is 2.27 bits per heavy atom. The second kappa shape index (κ2) is 3.34. The molecule has 0 spiro atoms. The lowest BCUT2D eigenvalue weighted by molar-refractivity contribution is -0.136. The molecule has 0 atom stereocenters. The SMILES string of the molecule is Cc1nc2c(C)cncn2c1CC(=O)O. The van der Waals surface area contributed by atoms with Crippen molar-refractivity contribution in [1.82, 2.24) is 14.4 Å². The summed E-state index contributed by atoms with van der Waals surface area (Å²) in [5.74, 6) is -0.860. The number of carbonyl (C=O) groups is 1. The summed E-state index contributed by atoms with van der Waals surface area (Å²) in [5.41, 5.74) is 3.15. The van der Waals surface area contributed by atoms with Gasteiger partial charge >= 0.3 is 5.97 Å². The molecule has 0 aliphatic heterocycles. The van der Waals surface area contributed by atoms with Crippen LogP contribution in [-0.4, -0.2) is 25.4 Å². The lowest BCUT2D eigenvalue weighted by atomic mass is 10.2. The molecular weight excluding hydrogens is 194 g/mol. The van der Waals surface area contributed by atoms with Crippen molar-refractivity contribution >= 4 is 11.6 Å². The van der Waals surface area contributed by atoms with Gasteiger partial charge in [0.2, 0.25) is 0 Å². The van der Waals surface area contributed by atoms with E-state index in [1.807, 2.05) is 13.8 Å². The zero-order chi connectivity index (χ0) is 11.0. The van der Waals surface area contributed by atoms with Crippen molar-refractivity contribution in [1.29, 1.82) is 0 Å². The average molecular weight is 205 g/mol. The van der Waals surface area contributed by atoms with Gasteiger partial charge in [-0.1, -0.05) is 0 Å². The Labute approximate surface area is 86.4 Å². The lowest BCUT2D eigenvalue weighted by Gasteiger charge is -1.99. The van der Waals surface area contributed by atoms with Crippen LogP contribution < -0.4 is 0 Å². The molecule has 0 bridgehead atoms. The Kier molecular flexibility index (Phi) is 2.15. The summed E-state index contributed by atoms with van der Waals surface area (Å²) in [4.78, 5) is 19.0. The molecule has 0 saturated carbocycles. The molecule has 0 aromatic carbocycles. The van der Waals surface area contributed by atoms with E-state index in [1.54, 1.807) is 16.9 Å². The highest BCUT2D eigenvalue weighted by atomic mass is 16.4. The molecule has 0 saturated heterocycles. The summed E-state index contributed by atoms with van der Waals surface area (Å²) in [6.07, 6.45) is 3.28. The molecule has 0 amide bonds. The number of aromatic nitrogens is 3. The van der Waals surface area contributed by atoms with Gasteiger partial charge < -0.3 is 5.11 Å². The number of carboxylic acid groups (broad SMARTS) is 1. The normalized spacial score (nSPS) is 10.8. The van der Waals surface area contributed by atoms with Crippen LogP contribution in [0, 0.1) is 13.8 Å². The van der Waals surface area contributed by atoms with E-state index in [2.05, 4.69) is 9.97 Å². The molecule has 0 fully saturated rings. The van der Waals surface area contributed by atoms with Gasteiger partial charge in [-0.25, -0.2) is 9.97 Å². The molecule has 1 N–H and O–H groups in total. The van der Waals surface area contributed by atoms with Gasteiger partial charge in [0, 0.05) is 11.8 Å². The van der Waals surface area contributed by atoms with E-state index >= 15 is 0 Å². The molecule has 2 heterocycles. The molecular formula is C10H11N3O2. The fraction of sp³-hybridized carbons (Fsp3) is 0.300. The average Bonchev–Trinajstić information content (AvgIpc) is 2.45. The molecule has 2 rings (SSSR count). The van der Waals surface area contributed by atoms with Gasteiger partial charge in [-0.2, -0.15) is 0 Å². The predicted molar refractivity (Wildman–Crippen MR) is 53.8 cm³/mol. The van der Waals surface area contributed by atoms with Crippen LogP contribution in [-0.2, 0) is 11.2 Å². The van der Waals surface area contributed by atoms with Crippen molar-refractivity contribution in [2.24, 2.45) is 0 Å². The standard InChI is InChI=1S/C10H11N3O2/c1-6-4-11-5-13-8(3-9(14)15)7(2)12-10(6)13/h4-5H,3H2,1-2H3,(H,14,15). The Bertz CT molecular complexity index is 531. The van der Waals surface area contributed by atoms with E-state index in [-0.39, 0.29) is 6.42 Å². The van der Waals surface area contributed by atoms with Gasteiger partial charge in [0.1, 0.15) is 12.0 Å². The van der Waals surface area contributed by atoms with Crippen molar-refractivity contribution in [3.8, 4) is 0 Å². The zero-order valence-corrected chi connectivity index (χ0v) is 8.56. The Balaban J connectivity index is 2.68. The van der Waals surface area contributed by atoms with E-state index in [0.29, 0.717) is 5.69 Å².